The third kappa shape index (κ3) is 1.40. The van der Waals surface area contributed by atoms with Gasteiger partial charge in [-0.1, -0.05) is 23.2 Å². The van der Waals surface area contributed by atoms with Gasteiger partial charge in [0.25, 0.3) is 0 Å². The number of aliphatic carboxylic acids is 1. The van der Waals surface area contributed by atoms with Crippen molar-refractivity contribution in [1.29, 1.82) is 0 Å². The van der Waals surface area contributed by atoms with Gasteiger partial charge in [0.1, 0.15) is 11.4 Å². The maximum Gasteiger partial charge on any atom is 0.310 e. The number of ether oxygens (including phenoxy) is 1. The molecule has 1 saturated carbocycles. The number of methoxy groups -OCH3 is 1. The molecule has 0 unspecified atom stereocenters. The molecule has 7 heteroatoms. The van der Waals surface area contributed by atoms with Crippen LogP contribution in [0.15, 0.2) is 0 Å². The van der Waals surface area contributed by atoms with Crippen molar-refractivity contribution in [3.8, 4) is 0 Å². The minimum atomic E-state index is -1.45. The number of alkyl halides is 2. The fraction of sp³-hybridized carbons (Fsp3) is 0.750. The van der Waals surface area contributed by atoms with Gasteiger partial charge in [0.2, 0.25) is 0 Å². The molecule has 4 atom stereocenters. The highest BCUT2D eigenvalue weighted by Gasteiger charge is 2.70. The predicted molar refractivity (Wildman–Crippen MR) is 56.2 cm³/mol. The zero-order chi connectivity index (χ0) is 11.4. The van der Waals surface area contributed by atoms with Crippen molar-refractivity contribution in [2.24, 2.45) is 11.8 Å². The highest BCUT2D eigenvalue weighted by atomic mass is 35.5. The summed E-state index contributed by atoms with van der Waals surface area (Å²) in [5, 5.41) is 8.62. The van der Waals surface area contributed by atoms with Crippen molar-refractivity contribution in [2.45, 2.75) is 15.0 Å². The number of carboxylic acids is 1. The van der Waals surface area contributed by atoms with E-state index in [1.807, 2.05) is 0 Å². The molecule has 0 aromatic rings. The minimum Gasteiger partial charge on any atom is -0.481 e. The van der Waals surface area contributed by atoms with Crippen molar-refractivity contribution in [3.63, 3.8) is 0 Å². The molecule has 2 fully saturated rings. The summed E-state index contributed by atoms with van der Waals surface area (Å²) in [7, 11) is 1.41. The van der Waals surface area contributed by atoms with Gasteiger partial charge in [0, 0.05) is 7.11 Å². The maximum atomic E-state index is 11.5. The van der Waals surface area contributed by atoms with Crippen LogP contribution in [0, 0.1) is 11.8 Å². The number of carbonyl (C=O) groups is 2. The zero-order valence-corrected chi connectivity index (χ0v) is 9.97. The average molecular weight is 271 g/mol. The maximum absolute atomic E-state index is 11.5. The third-order valence-electron chi connectivity index (χ3n) is 2.79. The standard InChI is InChI=1S/C8H8Cl2O4S/c1-14-7-3(6(12)13)2-4(11)8(9,10)5(2)15-7/h2-3,5,7H,1H3,(H,12,13)/t2-,3-,5-,7-/m0/s1. The van der Waals surface area contributed by atoms with Crippen LogP contribution >= 0.6 is 35.0 Å². The van der Waals surface area contributed by atoms with Gasteiger partial charge in [-0.05, 0) is 0 Å². The van der Waals surface area contributed by atoms with E-state index in [0.717, 1.165) is 0 Å². The third-order valence-corrected chi connectivity index (χ3v) is 5.59. The lowest BCUT2D eigenvalue weighted by Crippen LogP contribution is -2.59. The van der Waals surface area contributed by atoms with E-state index in [4.69, 9.17) is 33.0 Å². The normalized spacial score (nSPS) is 42.2. The number of halogens is 2. The number of rotatable bonds is 2. The molecule has 2 aliphatic rings. The Morgan fingerprint density at radius 2 is 2.20 bits per heavy atom. The fourth-order valence-corrected chi connectivity index (χ4v) is 4.46. The number of ketones is 1. The van der Waals surface area contributed by atoms with Crippen molar-refractivity contribution in [3.05, 3.63) is 0 Å². The lowest BCUT2D eigenvalue weighted by molar-refractivity contribution is -0.152. The molecule has 1 saturated heterocycles. The van der Waals surface area contributed by atoms with Gasteiger partial charge in [0.15, 0.2) is 10.1 Å². The number of Topliss-reactive ketones (excluding diaryl/α,β-unsaturated/α-hetero) is 1. The Hall–Kier alpha value is 0.0300. The Bertz CT molecular complexity index is 333. The summed E-state index contributed by atoms with van der Waals surface area (Å²) in [4.78, 5) is 22.5. The molecule has 1 aliphatic heterocycles. The number of thioether (sulfide) groups is 1. The van der Waals surface area contributed by atoms with Gasteiger partial charge in [0.05, 0.1) is 11.2 Å². The largest absolute Gasteiger partial charge is 0.481 e. The Labute approximate surface area is 100 Å². The summed E-state index contributed by atoms with van der Waals surface area (Å²) >= 11 is 12.8. The summed E-state index contributed by atoms with van der Waals surface area (Å²) in [6.07, 6.45) is 0. The number of carbonyl (C=O) groups excluding carboxylic acids is 1. The lowest BCUT2D eigenvalue weighted by atomic mass is 9.74. The van der Waals surface area contributed by atoms with Crippen LogP contribution in [0.2, 0.25) is 0 Å². The highest BCUT2D eigenvalue weighted by Crippen LogP contribution is 2.60. The van der Waals surface area contributed by atoms with Crippen molar-refractivity contribution in [2.75, 3.05) is 7.11 Å². The highest BCUT2D eigenvalue weighted by molar-refractivity contribution is 8.01. The molecule has 0 amide bonds. The van der Waals surface area contributed by atoms with Crippen LogP contribution in [0.1, 0.15) is 0 Å². The summed E-state index contributed by atoms with van der Waals surface area (Å²) in [5.74, 6) is -2.91. The van der Waals surface area contributed by atoms with E-state index in [1.165, 1.54) is 18.9 Å². The van der Waals surface area contributed by atoms with E-state index in [-0.39, 0.29) is 5.25 Å². The second-order valence-electron chi connectivity index (χ2n) is 3.54. The topological polar surface area (TPSA) is 63.6 Å². The molecular formula is C8H8Cl2O4S. The van der Waals surface area contributed by atoms with Crippen LogP contribution in [0.4, 0.5) is 0 Å². The predicted octanol–water partition coefficient (Wildman–Crippen LogP) is 1.15. The Balaban J connectivity index is 2.28. The molecule has 84 valence electrons. The first kappa shape index (κ1) is 11.5. The van der Waals surface area contributed by atoms with Crippen LogP contribution < -0.4 is 0 Å². The summed E-state index contributed by atoms with van der Waals surface area (Å²) in [6.45, 7) is 0. The van der Waals surface area contributed by atoms with Crippen LogP contribution in [0.5, 0.6) is 0 Å². The van der Waals surface area contributed by atoms with Crippen molar-refractivity contribution in [1.82, 2.24) is 0 Å². The van der Waals surface area contributed by atoms with Gasteiger partial charge in [-0.25, -0.2) is 0 Å². The van der Waals surface area contributed by atoms with Crippen molar-refractivity contribution >= 4 is 46.7 Å². The van der Waals surface area contributed by atoms with E-state index in [0.29, 0.717) is 0 Å². The first-order valence-electron chi connectivity index (χ1n) is 4.24. The minimum absolute atomic E-state index is 0.376. The second-order valence-corrected chi connectivity index (χ2v) is 6.17. The molecule has 0 aromatic carbocycles. The first-order chi connectivity index (χ1) is 6.91. The Kier molecular flexibility index (Phi) is 2.70. The quantitative estimate of drug-likeness (QED) is 0.763. The van der Waals surface area contributed by atoms with Gasteiger partial charge in [-0.15, -0.1) is 11.8 Å². The van der Waals surface area contributed by atoms with E-state index in [1.54, 1.807) is 0 Å². The summed E-state index contributed by atoms with van der Waals surface area (Å²) in [6, 6.07) is 0. The average Bonchev–Trinajstić information content (AvgIpc) is 2.54. The second kappa shape index (κ2) is 3.52. The zero-order valence-electron chi connectivity index (χ0n) is 7.65. The molecule has 0 radical (unpaired) electrons. The van der Waals surface area contributed by atoms with Gasteiger partial charge >= 0.3 is 5.97 Å². The number of hydrogen-bond donors (Lipinski definition) is 1. The van der Waals surface area contributed by atoms with E-state index < -0.39 is 33.4 Å². The number of carboxylic acid groups (broad SMARTS) is 1. The van der Waals surface area contributed by atoms with E-state index in [9.17, 15) is 9.59 Å². The van der Waals surface area contributed by atoms with Crippen LogP contribution in [0.25, 0.3) is 0 Å². The molecule has 1 heterocycles. The molecule has 1 aliphatic carbocycles. The SMILES string of the molecule is CO[C@H]1S[C@H]2[C@H](C(=O)C2(Cl)Cl)[C@H]1C(=O)O. The van der Waals surface area contributed by atoms with E-state index >= 15 is 0 Å². The molecular weight excluding hydrogens is 263 g/mol. The molecule has 15 heavy (non-hydrogen) atoms. The molecule has 4 nitrogen and oxygen atoms in total. The van der Waals surface area contributed by atoms with Gasteiger partial charge in [-0.2, -0.15) is 0 Å². The molecule has 0 bridgehead atoms. The molecule has 2 rings (SSSR count). The Morgan fingerprint density at radius 1 is 1.60 bits per heavy atom. The smallest absolute Gasteiger partial charge is 0.310 e. The van der Waals surface area contributed by atoms with Crippen LogP contribution in [-0.2, 0) is 14.3 Å². The molecule has 1 N–H and O–H groups in total. The summed E-state index contributed by atoms with van der Waals surface area (Å²) in [5.41, 5.74) is -0.555. The summed E-state index contributed by atoms with van der Waals surface area (Å²) < 4.78 is 3.57. The van der Waals surface area contributed by atoms with Crippen LogP contribution in [0.3, 0.4) is 0 Å². The van der Waals surface area contributed by atoms with E-state index in [2.05, 4.69) is 0 Å². The van der Waals surface area contributed by atoms with Crippen molar-refractivity contribution < 1.29 is 19.4 Å². The van der Waals surface area contributed by atoms with Gasteiger partial charge < -0.3 is 9.84 Å². The number of hydrogen-bond acceptors (Lipinski definition) is 4. The molecule has 0 spiro atoms. The van der Waals surface area contributed by atoms with Crippen LogP contribution in [-0.4, -0.2) is 39.0 Å². The monoisotopic (exact) mass is 270 g/mol. The Morgan fingerprint density at radius 3 is 2.67 bits per heavy atom. The molecule has 0 aromatic heterocycles. The fourth-order valence-electron chi connectivity index (χ4n) is 2.02. The number of fused-ring (bicyclic) bond motifs is 1. The first-order valence-corrected chi connectivity index (χ1v) is 5.94. The lowest BCUT2D eigenvalue weighted by Gasteiger charge is -2.41. The van der Waals surface area contributed by atoms with Gasteiger partial charge in [-0.3, -0.25) is 9.59 Å².